The molecule has 1 aromatic rings. The number of carbonyl (C=O) groups excluding carboxylic acids is 1. The van der Waals surface area contributed by atoms with Gasteiger partial charge in [-0.15, -0.1) is 0 Å². The van der Waals surface area contributed by atoms with E-state index in [1.165, 1.54) is 19.2 Å². The lowest BCUT2D eigenvalue weighted by Gasteiger charge is -2.11. The number of amides is 1. The summed E-state index contributed by atoms with van der Waals surface area (Å²) in [7, 11) is -2.55. The zero-order chi connectivity index (χ0) is 15.1. The molecule has 0 bridgehead atoms. The molecule has 1 atom stereocenters. The molecule has 3 N–H and O–H groups in total. The van der Waals surface area contributed by atoms with Crippen LogP contribution in [0.1, 0.15) is 20.3 Å². The molecule has 7 heteroatoms. The number of benzene rings is 1. The number of primary sulfonamides is 1. The van der Waals surface area contributed by atoms with Crippen LogP contribution < -0.4 is 15.2 Å². The van der Waals surface area contributed by atoms with E-state index < -0.39 is 10.0 Å². The van der Waals surface area contributed by atoms with Crippen LogP contribution in [0.5, 0.6) is 5.75 Å². The maximum atomic E-state index is 12.0. The quantitative estimate of drug-likeness (QED) is 0.876. The summed E-state index contributed by atoms with van der Waals surface area (Å²) in [4.78, 5) is 11.8. The van der Waals surface area contributed by atoms with Gasteiger partial charge in [-0.2, -0.15) is 0 Å². The molecule has 2 rings (SSSR count). The predicted molar refractivity (Wildman–Crippen MR) is 74.9 cm³/mol. The number of ether oxygens (including phenoxy) is 1. The Morgan fingerprint density at radius 2 is 2.05 bits per heavy atom. The van der Waals surface area contributed by atoms with E-state index in [1.54, 1.807) is 6.07 Å². The van der Waals surface area contributed by atoms with E-state index in [0.717, 1.165) is 6.42 Å². The number of hydrogen-bond acceptors (Lipinski definition) is 4. The van der Waals surface area contributed by atoms with E-state index in [0.29, 0.717) is 5.69 Å². The fourth-order valence-corrected chi connectivity index (χ4v) is 2.84. The molecule has 6 nitrogen and oxygen atoms in total. The molecule has 0 aliphatic heterocycles. The number of anilines is 1. The molecule has 0 spiro atoms. The van der Waals surface area contributed by atoms with Gasteiger partial charge in [-0.25, -0.2) is 13.6 Å². The highest BCUT2D eigenvalue weighted by atomic mass is 32.2. The minimum atomic E-state index is -3.91. The molecule has 110 valence electrons. The molecule has 1 unspecified atom stereocenters. The van der Waals surface area contributed by atoms with Gasteiger partial charge >= 0.3 is 0 Å². The second-order valence-electron chi connectivity index (χ2n) is 5.65. The molecule has 0 radical (unpaired) electrons. The molecule has 1 saturated carbocycles. The number of carbonyl (C=O) groups is 1. The summed E-state index contributed by atoms with van der Waals surface area (Å²) in [6, 6.07) is 4.36. The topological polar surface area (TPSA) is 98.5 Å². The Labute approximate surface area is 118 Å². The Morgan fingerprint density at radius 1 is 1.45 bits per heavy atom. The molecule has 0 heterocycles. The van der Waals surface area contributed by atoms with Crippen molar-refractivity contribution in [1.29, 1.82) is 0 Å². The number of rotatable bonds is 4. The lowest BCUT2D eigenvalue weighted by Crippen LogP contribution is -2.18. The molecule has 1 aliphatic carbocycles. The number of nitrogens with one attached hydrogen (secondary N) is 1. The zero-order valence-corrected chi connectivity index (χ0v) is 12.5. The van der Waals surface area contributed by atoms with Gasteiger partial charge in [0.1, 0.15) is 10.6 Å². The Bertz CT molecular complexity index is 652. The highest BCUT2D eigenvalue weighted by Crippen LogP contribution is 2.52. The van der Waals surface area contributed by atoms with Crippen molar-refractivity contribution < 1.29 is 17.9 Å². The van der Waals surface area contributed by atoms with Gasteiger partial charge in [-0.05, 0) is 30.0 Å². The summed E-state index contributed by atoms with van der Waals surface area (Å²) >= 11 is 0. The second-order valence-corrected chi connectivity index (χ2v) is 7.18. The van der Waals surface area contributed by atoms with Gasteiger partial charge in [-0.1, -0.05) is 13.8 Å². The Kier molecular flexibility index (Phi) is 3.51. The van der Waals surface area contributed by atoms with Crippen molar-refractivity contribution >= 4 is 21.6 Å². The Hall–Kier alpha value is -1.60. The van der Waals surface area contributed by atoms with Gasteiger partial charge in [0.05, 0.1) is 7.11 Å². The molecular formula is C13H18N2O4S. The van der Waals surface area contributed by atoms with Gasteiger partial charge in [0.2, 0.25) is 15.9 Å². The van der Waals surface area contributed by atoms with E-state index in [1.807, 2.05) is 13.8 Å². The van der Waals surface area contributed by atoms with Crippen LogP contribution in [0.25, 0.3) is 0 Å². The minimum Gasteiger partial charge on any atom is -0.495 e. The van der Waals surface area contributed by atoms with Crippen LogP contribution in [0.4, 0.5) is 5.69 Å². The fourth-order valence-electron chi connectivity index (χ4n) is 2.12. The van der Waals surface area contributed by atoms with Crippen LogP contribution in [0.15, 0.2) is 23.1 Å². The van der Waals surface area contributed by atoms with Gasteiger partial charge < -0.3 is 10.1 Å². The standard InChI is InChI=1S/C13H18N2O4S/c1-13(2)7-9(13)12(16)15-8-4-5-10(19-3)11(6-8)20(14,17)18/h4-6,9H,7H2,1-3H3,(H,15,16)(H2,14,17,18). The van der Waals surface area contributed by atoms with Crippen LogP contribution in [0.3, 0.4) is 0 Å². The number of methoxy groups -OCH3 is 1. The van der Waals surface area contributed by atoms with Gasteiger partial charge in [0, 0.05) is 11.6 Å². The van der Waals surface area contributed by atoms with Gasteiger partial charge in [0.25, 0.3) is 0 Å². The van der Waals surface area contributed by atoms with E-state index in [9.17, 15) is 13.2 Å². The molecule has 20 heavy (non-hydrogen) atoms. The molecule has 0 saturated heterocycles. The van der Waals surface area contributed by atoms with Crippen molar-refractivity contribution in [3.8, 4) is 5.75 Å². The first-order valence-electron chi connectivity index (χ1n) is 6.17. The van der Waals surface area contributed by atoms with E-state index in [2.05, 4.69) is 5.32 Å². The monoisotopic (exact) mass is 298 g/mol. The van der Waals surface area contributed by atoms with E-state index in [4.69, 9.17) is 9.88 Å². The van der Waals surface area contributed by atoms with Crippen LogP contribution in [-0.4, -0.2) is 21.4 Å². The third kappa shape index (κ3) is 2.94. The first kappa shape index (κ1) is 14.8. The van der Waals surface area contributed by atoms with Crippen LogP contribution in [0.2, 0.25) is 0 Å². The molecule has 0 aromatic heterocycles. The maximum absolute atomic E-state index is 12.0. The van der Waals surface area contributed by atoms with Crippen molar-refractivity contribution in [2.24, 2.45) is 16.5 Å². The summed E-state index contributed by atoms with van der Waals surface area (Å²) < 4.78 is 27.9. The van der Waals surface area contributed by atoms with Crippen LogP contribution >= 0.6 is 0 Å². The number of sulfonamides is 1. The molecule has 1 aromatic carbocycles. The molecule has 1 fully saturated rings. The highest BCUT2D eigenvalue weighted by Gasteiger charge is 2.50. The number of hydrogen-bond donors (Lipinski definition) is 2. The fraction of sp³-hybridized carbons (Fsp3) is 0.462. The normalized spacial score (nSPS) is 20.3. The molecule has 1 amide bonds. The average Bonchev–Trinajstić information content (AvgIpc) is 2.97. The van der Waals surface area contributed by atoms with E-state index >= 15 is 0 Å². The summed E-state index contributed by atoms with van der Waals surface area (Å²) in [5, 5.41) is 7.84. The van der Waals surface area contributed by atoms with Crippen LogP contribution in [0, 0.1) is 11.3 Å². The van der Waals surface area contributed by atoms with Gasteiger partial charge in [0.15, 0.2) is 0 Å². The predicted octanol–water partition coefficient (Wildman–Crippen LogP) is 1.33. The first-order valence-corrected chi connectivity index (χ1v) is 7.71. The summed E-state index contributed by atoms with van der Waals surface area (Å²) in [6.45, 7) is 4.03. The molecular weight excluding hydrogens is 280 g/mol. The van der Waals surface area contributed by atoms with Gasteiger partial charge in [-0.3, -0.25) is 4.79 Å². The zero-order valence-electron chi connectivity index (χ0n) is 11.6. The third-order valence-electron chi connectivity index (χ3n) is 3.57. The Morgan fingerprint density at radius 3 is 2.50 bits per heavy atom. The summed E-state index contributed by atoms with van der Waals surface area (Å²) in [6.07, 6.45) is 0.830. The van der Waals surface area contributed by atoms with Crippen molar-refractivity contribution in [3.05, 3.63) is 18.2 Å². The van der Waals surface area contributed by atoms with Crippen LogP contribution in [-0.2, 0) is 14.8 Å². The van der Waals surface area contributed by atoms with Crippen molar-refractivity contribution in [2.45, 2.75) is 25.2 Å². The van der Waals surface area contributed by atoms with E-state index in [-0.39, 0.29) is 27.9 Å². The minimum absolute atomic E-state index is 0.0132. The smallest absolute Gasteiger partial charge is 0.241 e. The first-order chi connectivity index (χ1) is 9.15. The third-order valence-corrected chi connectivity index (χ3v) is 4.50. The number of nitrogens with two attached hydrogens (primary N) is 1. The molecule has 1 aliphatic rings. The lowest BCUT2D eigenvalue weighted by atomic mass is 10.1. The Balaban J connectivity index is 2.24. The van der Waals surface area contributed by atoms with Crippen molar-refractivity contribution in [2.75, 3.05) is 12.4 Å². The van der Waals surface area contributed by atoms with Crippen molar-refractivity contribution in [3.63, 3.8) is 0 Å². The van der Waals surface area contributed by atoms with Crippen molar-refractivity contribution in [1.82, 2.24) is 0 Å². The maximum Gasteiger partial charge on any atom is 0.241 e. The summed E-state index contributed by atoms with van der Waals surface area (Å²) in [5.41, 5.74) is 0.404. The largest absolute Gasteiger partial charge is 0.495 e. The second kappa shape index (κ2) is 4.75. The summed E-state index contributed by atoms with van der Waals surface area (Å²) in [5.74, 6) is 0.000298. The SMILES string of the molecule is COc1ccc(NC(=O)C2CC2(C)C)cc1S(N)(=O)=O. The average molecular weight is 298 g/mol. The highest BCUT2D eigenvalue weighted by molar-refractivity contribution is 7.89. The lowest BCUT2D eigenvalue weighted by molar-refractivity contribution is -0.118.